The normalized spacial score (nSPS) is 22.2. The van der Waals surface area contributed by atoms with Gasteiger partial charge in [-0.1, -0.05) is 6.07 Å². The zero-order valence-electron chi connectivity index (χ0n) is 12.3. The van der Waals surface area contributed by atoms with E-state index in [1.807, 2.05) is 0 Å². The van der Waals surface area contributed by atoms with Crippen molar-refractivity contribution in [3.05, 3.63) is 23.3 Å². The number of hydrogen-bond acceptors (Lipinski definition) is 3. The van der Waals surface area contributed by atoms with Gasteiger partial charge in [0.05, 0.1) is 13.2 Å². The topological polar surface area (TPSA) is 30.5 Å². The van der Waals surface area contributed by atoms with Gasteiger partial charge in [-0.15, -0.1) is 0 Å². The highest BCUT2D eigenvalue weighted by atomic mass is 19.4. The Labute approximate surface area is 127 Å². The summed E-state index contributed by atoms with van der Waals surface area (Å²) >= 11 is 0. The van der Waals surface area contributed by atoms with Crippen molar-refractivity contribution in [3.8, 4) is 11.5 Å². The summed E-state index contributed by atoms with van der Waals surface area (Å²) in [6.45, 7) is 2.56. The van der Waals surface area contributed by atoms with Crippen molar-refractivity contribution in [2.24, 2.45) is 5.92 Å². The average molecular weight is 315 g/mol. The summed E-state index contributed by atoms with van der Waals surface area (Å²) in [7, 11) is 0. The van der Waals surface area contributed by atoms with Gasteiger partial charge in [-0.05, 0) is 49.9 Å². The second-order valence-electron chi connectivity index (χ2n) is 5.90. The molecule has 122 valence electrons. The van der Waals surface area contributed by atoms with Gasteiger partial charge in [0.15, 0.2) is 11.5 Å². The first-order valence-electron chi connectivity index (χ1n) is 7.75. The van der Waals surface area contributed by atoms with Gasteiger partial charge in [0, 0.05) is 6.42 Å². The highest BCUT2D eigenvalue weighted by Gasteiger charge is 2.37. The standard InChI is InChI=1S/C16H20F3NO2/c17-16(18,19)13-5-4-12(9-11-3-1-6-20-10-11)14-15(13)22-8-2-7-21-14/h4-5,11,20H,1-3,6-10H2. The van der Waals surface area contributed by atoms with Crippen LogP contribution in [0.1, 0.15) is 30.4 Å². The Bertz CT molecular complexity index is 525. The maximum absolute atomic E-state index is 13.2. The average Bonchev–Trinajstić information content (AvgIpc) is 2.73. The van der Waals surface area contributed by atoms with Crippen LogP contribution in [0.3, 0.4) is 0 Å². The lowest BCUT2D eigenvalue weighted by Gasteiger charge is -2.24. The molecule has 1 aromatic carbocycles. The van der Waals surface area contributed by atoms with Gasteiger partial charge in [-0.3, -0.25) is 0 Å². The number of hydrogen-bond donors (Lipinski definition) is 1. The third-order valence-electron chi connectivity index (χ3n) is 4.19. The second-order valence-corrected chi connectivity index (χ2v) is 5.90. The lowest BCUT2D eigenvalue weighted by molar-refractivity contribution is -0.139. The highest BCUT2D eigenvalue weighted by Crippen LogP contribution is 2.45. The molecule has 1 N–H and O–H groups in total. The van der Waals surface area contributed by atoms with Crippen molar-refractivity contribution in [2.75, 3.05) is 26.3 Å². The van der Waals surface area contributed by atoms with Gasteiger partial charge in [0.25, 0.3) is 0 Å². The Hall–Kier alpha value is -1.43. The van der Waals surface area contributed by atoms with Crippen molar-refractivity contribution in [1.29, 1.82) is 0 Å². The Balaban J connectivity index is 1.93. The third-order valence-corrected chi connectivity index (χ3v) is 4.19. The van der Waals surface area contributed by atoms with Gasteiger partial charge < -0.3 is 14.8 Å². The van der Waals surface area contributed by atoms with E-state index >= 15 is 0 Å². The SMILES string of the molecule is FC(F)(F)c1ccc(CC2CCCNC2)c2c1OCCCO2. The Morgan fingerprint density at radius 1 is 1.09 bits per heavy atom. The lowest BCUT2D eigenvalue weighted by Crippen LogP contribution is -2.31. The van der Waals surface area contributed by atoms with Crippen LogP contribution in [0.15, 0.2) is 12.1 Å². The minimum atomic E-state index is -4.43. The van der Waals surface area contributed by atoms with Gasteiger partial charge in [-0.25, -0.2) is 0 Å². The van der Waals surface area contributed by atoms with Crippen molar-refractivity contribution < 1.29 is 22.6 Å². The molecule has 1 atom stereocenters. The number of alkyl halides is 3. The summed E-state index contributed by atoms with van der Waals surface area (Å²) in [5.41, 5.74) is 0.0773. The molecule has 0 bridgehead atoms. The minimum absolute atomic E-state index is 0.133. The van der Waals surface area contributed by atoms with E-state index in [2.05, 4.69) is 5.32 Å². The maximum Gasteiger partial charge on any atom is 0.420 e. The number of rotatable bonds is 2. The van der Waals surface area contributed by atoms with Crippen LogP contribution in [0, 0.1) is 5.92 Å². The van der Waals surface area contributed by atoms with Gasteiger partial charge in [0.2, 0.25) is 0 Å². The summed E-state index contributed by atoms with van der Waals surface area (Å²) in [6, 6.07) is 2.67. The van der Waals surface area contributed by atoms with Gasteiger partial charge in [0.1, 0.15) is 5.56 Å². The van der Waals surface area contributed by atoms with Crippen LogP contribution >= 0.6 is 0 Å². The number of halogens is 3. The first-order chi connectivity index (χ1) is 10.6. The van der Waals surface area contributed by atoms with Crippen LogP contribution in [0.25, 0.3) is 0 Å². The summed E-state index contributed by atoms with van der Waals surface area (Å²) in [6.07, 6.45) is -0.926. The van der Waals surface area contributed by atoms with Crippen molar-refractivity contribution >= 4 is 0 Å². The monoisotopic (exact) mass is 315 g/mol. The largest absolute Gasteiger partial charge is 0.489 e. The zero-order chi connectivity index (χ0) is 15.6. The molecule has 0 aliphatic carbocycles. The van der Waals surface area contributed by atoms with Crippen LogP contribution in [0.2, 0.25) is 0 Å². The fourth-order valence-corrected chi connectivity index (χ4v) is 3.11. The first-order valence-corrected chi connectivity index (χ1v) is 7.75. The van der Waals surface area contributed by atoms with E-state index < -0.39 is 11.7 Å². The molecule has 22 heavy (non-hydrogen) atoms. The minimum Gasteiger partial charge on any atom is -0.489 e. The molecule has 1 fully saturated rings. The summed E-state index contributed by atoms with van der Waals surface area (Å²) in [5, 5.41) is 3.33. The molecule has 0 saturated carbocycles. The summed E-state index contributed by atoms with van der Waals surface area (Å²) in [4.78, 5) is 0. The van der Waals surface area contributed by atoms with Gasteiger partial charge in [-0.2, -0.15) is 13.2 Å². The van der Waals surface area contributed by atoms with Crippen LogP contribution < -0.4 is 14.8 Å². The lowest BCUT2D eigenvalue weighted by atomic mass is 9.91. The molecule has 3 rings (SSSR count). The number of fused-ring (bicyclic) bond motifs is 1. The molecular formula is C16H20F3NO2. The van der Waals surface area contributed by atoms with Crippen LogP contribution in [0.4, 0.5) is 13.2 Å². The fourth-order valence-electron chi connectivity index (χ4n) is 3.11. The van der Waals surface area contributed by atoms with Crippen LogP contribution in [-0.4, -0.2) is 26.3 Å². The zero-order valence-corrected chi connectivity index (χ0v) is 12.3. The number of benzene rings is 1. The van der Waals surface area contributed by atoms with Crippen molar-refractivity contribution in [3.63, 3.8) is 0 Å². The van der Waals surface area contributed by atoms with Crippen molar-refractivity contribution in [2.45, 2.75) is 31.9 Å². The van der Waals surface area contributed by atoms with E-state index in [0.717, 1.165) is 44.0 Å². The number of ether oxygens (including phenoxy) is 2. The van der Waals surface area contributed by atoms with Gasteiger partial charge >= 0.3 is 6.18 Å². The van der Waals surface area contributed by atoms with Crippen LogP contribution in [0.5, 0.6) is 11.5 Å². The van der Waals surface area contributed by atoms with E-state index in [4.69, 9.17) is 9.47 Å². The molecule has 2 aliphatic rings. The third kappa shape index (κ3) is 3.32. The molecule has 3 nitrogen and oxygen atoms in total. The quantitative estimate of drug-likeness (QED) is 0.907. The maximum atomic E-state index is 13.2. The first kappa shape index (κ1) is 15.5. The van der Waals surface area contributed by atoms with E-state index in [1.165, 1.54) is 0 Å². The molecule has 0 radical (unpaired) electrons. The molecule has 0 aromatic heterocycles. The fraction of sp³-hybridized carbons (Fsp3) is 0.625. The van der Waals surface area contributed by atoms with E-state index in [9.17, 15) is 13.2 Å². The molecule has 2 heterocycles. The molecule has 1 aromatic rings. The molecule has 2 aliphatic heterocycles. The molecule has 0 amide bonds. The smallest absolute Gasteiger partial charge is 0.420 e. The van der Waals surface area contributed by atoms with Crippen LogP contribution in [-0.2, 0) is 12.6 Å². The second kappa shape index (κ2) is 6.36. The van der Waals surface area contributed by atoms with E-state index in [1.54, 1.807) is 6.07 Å². The predicted molar refractivity (Wildman–Crippen MR) is 76.3 cm³/mol. The van der Waals surface area contributed by atoms with Crippen molar-refractivity contribution in [1.82, 2.24) is 5.32 Å². The number of nitrogens with one attached hydrogen (secondary N) is 1. The molecular weight excluding hydrogens is 295 g/mol. The summed E-state index contributed by atoms with van der Waals surface area (Å²) < 4.78 is 50.4. The molecule has 6 heteroatoms. The predicted octanol–water partition coefficient (Wildman–Crippen LogP) is 3.41. The summed E-state index contributed by atoms with van der Waals surface area (Å²) in [5.74, 6) is 0.589. The molecule has 1 saturated heterocycles. The Morgan fingerprint density at radius 3 is 2.55 bits per heavy atom. The van der Waals surface area contributed by atoms with E-state index in [-0.39, 0.29) is 18.1 Å². The number of piperidine rings is 1. The highest BCUT2D eigenvalue weighted by molar-refractivity contribution is 5.53. The molecule has 0 spiro atoms. The molecule has 1 unspecified atom stereocenters. The Kier molecular flexibility index (Phi) is 4.47. The Morgan fingerprint density at radius 2 is 1.86 bits per heavy atom. The van der Waals surface area contributed by atoms with E-state index in [0.29, 0.717) is 18.9 Å².